The van der Waals surface area contributed by atoms with Crippen LogP contribution in [0.2, 0.25) is 0 Å². The molecule has 1 fully saturated rings. The van der Waals surface area contributed by atoms with Gasteiger partial charge < -0.3 is 20.2 Å². The van der Waals surface area contributed by atoms with Crippen molar-refractivity contribution in [3.05, 3.63) is 0 Å². The maximum atomic E-state index is 12.2. The lowest BCUT2D eigenvalue weighted by atomic mass is 9.98. The van der Waals surface area contributed by atoms with Gasteiger partial charge in [-0.3, -0.25) is 4.79 Å². The van der Waals surface area contributed by atoms with Gasteiger partial charge in [0.05, 0.1) is 0 Å². The van der Waals surface area contributed by atoms with Gasteiger partial charge in [-0.1, -0.05) is 0 Å². The van der Waals surface area contributed by atoms with Crippen molar-refractivity contribution >= 4 is 12.0 Å². The first kappa shape index (κ1) is 15.8. The summed E-state index contributed by atoms with van der Waals surface area (Å²) in [5.41, 5.74) is -0.501. The normalized spacial score (nSPS) is 21.3. The number of carbonyl (C=O) groups is 2. The number of urea groups is 1. The Labute approximate surface area is 114 Å². The van der Waals surface area contributed by atoms with Gasteiger partial charge in [0.2, 0.25) is 0 Å². The van der Waals surface area contributed by atoms with E-state index in [0.717, 1.165) is 13.1 Å². The predicted molar refractivity (Wildman–Crippen MR) is 73.1 cm³/mol. The molecule has 6 nitrogen and oxygen atoms in total. The van der Waals surface area contributed by atoms with Gasteiger partial charge in [-0.05, 0) is 34.2 Å². The third-order valence-electron chi connectivity index (χ3n) is 3.50. The van der Waals surface area contributed by atoms with E-state index in [1.807, 2.05) is 32.7 Å². The van der Waals surface area contributed by atoms with Crippen LogP contribution < -0.4 is 5.32 Å². The Morgan fingerprint density at radius 1 is 1.37 bits per heavy atom. The Bertz CT molecular complexity index is 344. The zero-order valence-electron chi connectivity index (χ0n) is 12.3. The molecule has 110 valence electrons. The van der Waals surface area contributed by atoms with Crippen LogP contribution in [0.4, 0.5) is 4.79 Å². The molecule has 0 saturated carbocycles. The molecule has 6 heteroatoms. The number of hydrogen-bond donors (Lipinski definition) is 2. The maximum absolute atomic E-state index is 12.2. The van der Waals surface area contributed by atoms with Crippen molar-refractivity contribution in [1.29, 1.82) is 0 Å². The number of nitrogens with zero attached hydrogens (tertiary/aromatic N) is 2. The summed E-state index contributed by atoms with van der Waals surface area (Å²) in [6.45, 7) is 8.18. The number of hydrogen-bond acceptors (Lipinski definition) is 3. The molecule has 1 saturated heterocycles. The topological polar surface area (TPSA) is 72.9 Å². The van der Waals surface area contributed by atoms with Crippen LogP contribution >= 0.6 is 0 Å². The van der Waals surface area contributed by atoms with Crippen LogP contribution in [0.1, 0.15) is 33.6 Å². The summed E-state index contributed by atoms with van der Waals surface area (Å²) >= 11 is 0. The minimum atomic E-state index is -0.838. The molecule has 1 aliphatic rings. The largest absolute Gasteiger partial charge is 0.481 e. The van der Waals surface area contributed by atoms with E-state index < -0.39 is 11.5 Å². The third-order valence-corrected chi connectivity index (χ3v) is 3.50. The van der Waals surface area contributed by atoms with Crippen molar-refractivity contribution in [1.82, 2.24) is 15.1 Å². The number of carboxylic acids is 1. The summed E-state index contributed by atoms with van der Waals surface area (Å²) in [5, 5.41) is 11.6. The zero-order chi connectivity index (χ0) is 14.6. The van der Waals surface area contributed by atoms with Gasteiger partial charge in [0, 0.05) is 37.6 Å². The molecule has 2 amide bonds. The van der Waals surface area contributed by atoms with Gasteiger partial charge in [-0.2, -0.15) is 0 Å². The summed E-state index contributed by atoms with van der Waals surface area (Å²) < 4.78 is 0. The van der Waals surface area contributed by atoms with Crippen molar-refractivity contribution in [2.24, 2.45) is 0 Å². The van der Waals surface area contributed by atoms with Crippen LogP contribution in [0.5, 0.6) is 0 Å². The highest BCUT2D eigenvalue weighted by Crippen LogP contribution is 2.14. The van der Waals surface area contributed by atoms with E-state index in [4.69, 9.17) is 5.11 Å². The first-order valence-electron chi connectivity index (χ1n) is 6.70. The minimum Gasteiger partial charge on any atom is -0.481 e. The third kappa shape index (κ3) is 5.06. The monoisotopic (exact) mass is 271 g/mol. The molecule has 2 N–H and O–H groups in total. The highest BCUT2D eigenvalue weighted by molar-refractivity contribution is 5.75. The second kappa shape index (κ2) is 6.23. The Kier molecular flexibility index (Phi) is 5.17. The van der Waals surface area contributed by atoms with Gasteiger partial charge in [0.15, 0.2) is 0 Å². The number of likely N-dealkylation sites (N-methyl/N-ethyl adjacent to an activating group) is 1. The van der Waals surface area contributed by atoms with E-state index in [1.54, 1.807) is 0 Å². The van der Waals surface area contributed by atoms with Crippen LogP contribution in [0, 0.1) is 0 Å². The van der Waals surface area contributed by atoms with Gasteiger partial charge in [-0.15, -0.1) is 0 Å². The van der Waals surface area contributed by atoms with Gasteiger partial charge in [0.25, 0.3) is 0 Å². The van der Waals surface area contributed by atoms with E-state index >= 15 is 0 Å². The molecule has 0 radical (unpaired) electrons. The molecule has 19 heavy (non-hydrogen) atoms. The fourth-order valence-corrected chi connectivity index (χ4v) is 2.28. The fraction of sp³-hybridized carbons (Fsp3) is 0.846. The molecule has 0 aromatic rings. The molecule has 1 atom stereocenters. The highest BCUT2D eigenvalue weighted by atomic mass is 16.4. The average Bonchev–Trinajstić information content (AvgIpc) is 2.25. The van der Waals surface area contributed by atoms with Gasteiger partial charge in [-0.25, -0.2) is 4.79 Å². The second-order valence-corrected chi connectivity index (χ2v) is 6.01. The summed E-state index contributed by atoms with van der Waals surface area (Å²) in [4.78, 5) is 26.8. The lowest BCUT2D eigenvalue weighted by Crippen LogP contribution is -2.58. The van der Waals surface area contributed by atoms with E-state index in [9.17, 15) is 9.59 Å². The molecule has 0 aliphatic carbocycles. The van der Waals surface area contributed by atoms with Gasteiger partial charge >= 0.3 is 12.0 Å². The summed E-state index contributed by atoms with van der Waals surface area (Å²) in [7, 11) is 2.04. The molecule has 0 spiro atoms. The van der Waals surface area contributed by atoms with E-state index in [0.29, 0.717) is 13.0 Å². The minimum absolute atomic E-state index is 0.0611. The lowest BCUT2D eigenvalue weighted by Gasteiger charge is -2.40. The summed E-state index contributed by atoms with van der Waals surface area (Å²) in [5.74, 6) is -0.838. The number of aliphatic carboxylic acids is 1. The number of piperazine rings is 1. The molecule has 0 aromatic carbocycles. The smallest absolute Gasteiger partial charge is 0.318 e. The van der Waals surface area contributed by atoms with Crippen molar-refractivity contribution in [2.45, 2.75) is 45.2 Å². The van der Waals surface area contributed by atoms with E-state index in [-0.39, 0.29) is 18.5 Å². The highest BCUT2D eigenvalue weighted by Gasteiger charge is 2.29. The molecule has 1 unspecified atom stereocenters. The Morgan fingerprint density at radius 3 is 2.53 bits per heavy atom. The van der Waals surface area contributed by atoms with Crippen molar-refractivity contribution < 1.29 is 14.7 Å². The quantitative estimate of drug-likeness (QED) is 0.799. The SMILES string of the molecule is CC1CN(C)CCN1C(=O)NC(C)(C)CCC(=O)O. The lowest BCUT2D eigenvalue weighted by molar-refractivity contribution is -0.137. The summed E-state index contributed by atoms with van der Waals surface area (Å²) in [6.07, 6.45) is 0.488. The molecule has 0 aromatic heterocycles. The Balaban J connectivity index is 2.51. The number of carbonyl (C=O) groups excluding carboxylic acids is 1. The standard InChI is InChI=1S/C13H25N3O3/c1-10-9-15(4)7-8-16(10)12(19)14-13(2,3)6-5-11(17)18/h10H,5-9H2,1-4H3,(H,14,19)(H,17,18). The van der Waals surface area contributed by atoms with E-state index in [1.165, 1.54) is 0 Å². The van der Waals surface area contributed by atoms with E-state index in [2.05, 4.69) is 10.2 Å². The van der Waals surface area contributed by atoms with Gasteiger partial charge in [0.1, 0.15) is 0 Å². The Hall–Kier alpha value is -1.30. The van der Waals surface area contributed by atoms with Crippen LogP contribution in [0.3, 0.4) is 0 Å². The van der Waals surface area contributed by atoms with Crippen LogP contribution in [0.15, 0.2) is 0 Å². The number of nitrogens with one attached hydrogen (secondary N) is 1. The summed E-state index contributed by atoms with van der Waals surface area (Å²) in [6, 6.07) is 0.0741. The first-order chi connectivity index (χ1) is 8.71. The number of amides is 2. The van der Waals surface area contributed by atoms with Crippen LogP contribution in [-0.4, -0.2) is 65.2 Å². The van der Waals surface area contributed by atoms with Crippen molar-refractivity contribution in [3.8, 4) is 0 Å². The second-order valence-electron chi connectivity index (χ2n) is 6.01. The molecule has 1 rings (SSSR count). The van der Waals surface area contributed by atoms with Crippen molar-refractivity contribution in [2.75, 3.05) is 26.7 Å². The first-order valence-corrected chi connectivity index (χ1v) is 6.70. The Morgan fingerprint density at radius 2 is 2.00 bits per heavy atom. The van der Waals surface area contributed by atoms with Crippen LogP contribution in [-0.2, 0) is 4.79 Å². The number of rotatable bonds is 4. The average molecular weight is 271 g/mol. The van der Waals surface area contributed by atoms with Crippen LogP contribution in [0.25, 0.3) is 0 Å². The van der Waals surface area contributed by atoms with Crippen molar-refractivity contribution in [3.63, 3.8) is 0 Å². The predicted octanol–water partition coefficient (Wildman–Crippen LogP) is 0.975. The molecule has 1 heterocycles. The molecular weight excluding hydrogens is 246 g/mol. The molecular formula is C13H25N3O3. The molecule has 0 bridgehead atoms. The fourth-order valence-electron chi connectivity index (χ4n) is 2.28. The number of carboxylic acid groups (broad SMARTS) is 1. The zero-order valence-corrected chi connectivity index (χ0v) is 12.3. The maximum Gasteiger partial charge on any atom is 0.318 e. The molecule has 1 aliphatic heterocycles.